The topological polar surface area (TPSA) is 89.3 Å². The molecule has 0 aliphatic rings. The number of Topliss-reactive ketones (excluding diaryl/α,β-unsaturated/α-hetero) is 1. The van der Waals surface area contributed by atoms with Crippen molar-refractivity contribution in [2.45, 2.75) is 0 Å². The first kappa shape index (κ1) is 19.3. The number of hydrogen-bond donors (Lipinski definition) is 2. The Balaban J connectivity index is 1.91. The Morgan fingerprint density at radius 1 is 1.00 bits per heavy atom. The van der Waals surface area contributed by atoms with Gasteiger partial charge in [0.25, 0.3) is 17.6 Å². The van der Waals surface area contributed by atoms with Crippen LogP contribution >= 0.6 is 38.9 Å². The number of primary amides is 1. The van der Waals surface area contributed by atoms with Gasteiger partial charge in [0.2, 0.25) is 0 Å². The van der Waals surface area contributed by atoms with Crippen LogP contribution in [0.3, 0.4) is 0 Å². The molecule has 0 aliphatic carbocycles. The van der Waals surface area contributed by atoms with Gasteiger partial charge < -0.3 is 11.1 Å². The molecule has 2 amide bonds. The van der Waals surface area contributed by atoms with Gasteiger partial charge >= 0.3 is 0 Å². The number of ketones is 1. The van der Waals surface area contributed by atoms with E-state index >= 15 is 0 Å². The van der Waals surface area contributed by atoms with Crippen LogP contribution in [-0.4, -0.2) is 17.6 Å². The van der Waals surface area contributed by atoms with E-state index in [2.05, 4.69) is 21.2 Å². The molecule has 0 saturated carbocycles. The van der Waals surface area contributed by atoms with Crippen LogP contribution in [0.15, 0.2) is 59.1 Å². The van der Waals surface area contributed by atoms with Crippen molar-refractivity contribution in [3.8, 4) is 10.4 Å². The van der Waals surface area contributed by atoms with Gasteiger partial charge in [0.15, 0.2) is 0 Å². The number of amides is 2. The first-order chi connectivity index (χ1) is 12.9. The van der Waals surface area contributed by atoms with Gasteiger partial charge in [-0.15, -0.1) is 11.3 Å². The minimum Gasteiger partial charge on any atom is -0.366 e. The summed E-state index contributed by atoms with van der Waals surface area (Å²) in [6, 6.07) is 15.6. The summed E-state index contributed by atoms with van der Waals surface area (Å²) in [7, 11) is 0. The zero-order valence-corrected chi connectivity index (χ0v) is 16.8. The van der Waals surface area contributed by atoms with Crippen molar-refractivity contribution >= 4 is 61.5 Å². The van der Waals surface area contributed by atoms with Crippen LogP contribution in [0.4, 0.5) is 5.00 Å². The second-order valence-corrected chi connectivity index (χ2v) is 7.87. The van der Waals surface area contributed by atoms with Crippen molar-refractivity contribution in [1.82, 2.24) is 0 Å². The Hall–Kier alpha value is -2.48. The Morgan fingerprint density at radius 2 is 1.70 bits per heavy atom. The lowest BCUT2D eigenvalue weighted by Crippen LogP contribution is -2.24. The Labute approximate surface area is 172 Å². The van der Waals surface area contributed by atoms with Crippen molar-refractivity contribution in [1.29, 1.82) is 0 Å². The summed E-state index contributed by atoms with van der Waals surface area (Å²) in [6.45, 7) is 0. The quantitative estimate of drug-likeness (QED) is 0.422. The smallest absolute Gasteiger partial charge is 0.297 e. The largest absolute Gasteiger partial charge is 0.366 e. The van der Waals surface area contributed by atoms with Gasteiger partial charge in [0.05, 0.1) is 10.6 Å². The highest BCUT2D eigenvalue weighted by atomic mass is 79.9. The van der Waals surface area contributed by atoms with Crippen LogP contribution in [0.25, 0.3) is 10.4 Å². The van der Waals surface area contributed by atoms with Crippen LogP contribution in [0, 0.1) is 0 Å². The lowest BCUT2D eigenvalue weighted by atomic mass is 10.1. The molecule has 3 N–H and O–H groups in total. The van der Waals surface area contributed by atoms with E-state index in [-0.39, 0.29) is 21.2 Å². The van der Waals surface area contributed by atoms with Crippen LogP contribution < -0.4 is 11.1 Å². The molecule has 2 aromatic carbocycles. The number of nitrogens with two attached hydrogens (primary N) is 1. The van der Waals surface area contributed by atoms with Gasteiger partial charge in [0.1, 0.15) is 5.00 Å². The summed E-state index contributed by atoms with van der Waals surface area (Å²) in [5.74, 6) is -2.41. The second-order valence-electron chi connectivity index (χ2n) is 5.49. The highest BCUT2D eigenvalue weighted by Crippen LogP contribution is 2.35. The fraction of sp³-hybridized carbons (Fsp3) is 0. The first-order valence-electron chi connectivity index (χ1n) is 7.66. The van der Waals surface area contributed by atoms with Gasteiger partial charge in [-0.3, -0.25) is 14.4 Å². The molecule has 1 heterocycles. The van der Waals surface area contributed by atoms with E-state index in [9.17, 15) is 14.4 Å². The standard InChI is InChI=1S/C19H12BrClN2O3S/c20-11-6-7-14(21)12(8-11)16(24)18(26)23-19-13(17(22)25)9-15(27-19)10-4-2-1-3-5-10/h1-9H,(H2,22,25)(H,23,26). The molecule has 136 valence electrons. The number of hydrogen-bond acceptors (Lipinski definition) is 4. The van der Waals surface area contributed by atoms with Crippen molar-refractivity contribution in [2.75, 3.05) is 5.32 Å². The molecule has 0 radical (unpaired) electrons. The molecule has 3 aromatic rings. The molecule has 0 aliphatic heterocycles. The highest BCUT2D eigenvalue weighted by Gasteiger charge is 2.23. The predicted molar refractivity (Wildman–Crippen MR) is 110 cm³/mol. The van der Waals surface area contributed by atoms with E-state index in [1.807, 2.05) is 30.3 Å². The van der Waals surface area contributed by atoms with Crippen molar-refractivity contribution in [2.24, 2.45) is 5.73 Å². The number of carbonyl (C=O) groups excluding carboxylic acids is 3. The molecule has 27 heavy (non-hydrogen) atoms. The van der Waals surface area contributed by atoms with Crippen molar-refractivity contribution < 1.29 is 14.4 Å². The average molecular weight is 464 g/mol. The minimum absolute atomic E-state index is 0.0593. The summed E-state index contributed by atoms with van der Waals surface area (Å²) < 4.78 is 0.614. The van der Waals surface area contributed by atoms with Crippen LogP contribution in [-0.2, 0) is 4.79 Å². The molecule has 8 heteroatoms. The van der Waals surface area contributed by atoms with Crippen molar-refractivity contribution in [3.63, 3.8) is 0 Å². The summed E-state index contributed by atoms with van der Waals surface area (Å²) in [5.41, 5.74) is 6.48. The van der Waals surface area contributed by atoms with Crippen LogP contribution in [0.1, 0.15) is 20.7 Å². The van der Waals surface area contributed by atoms with Gasteiger partial charge in [-0.1, -0.05) is 57.9 Å². The lowest BCUT2D eigenvalue weighted by molar-refractivity contribution is -0.112. The normalized spacial score (nSPS) is 10.4. The monoisotopic (exact) mass is 462 g/mol. The Kier molecular flexibility index (Phi) is 5.74. The minimum atomic E-state index is -0.904. The van der Waals surface area contributed by atoms with E-state index in [4.69, 9.17) is 17.3 Å². The fourth-order valence-corrected chi connectivity index (χ4v) is 3.99. The SMILES string of the molecule is NC(=O)c1cc(-c2ccccc2)sc1NC(=O)C(=O)c1cc(Br)ccc1Cl. The summed E-state index contributed by atoms with van der Waals surface area (Å²) in [6.07, 6.45) is 0. The zero-order valence-electron chi connectivity index (χ0n) is 13.7. The molecule has 0 unspecified atom stereocenters. The first-order valence-corrected chi connectivity index (χ1v) is 9.65. The van der Waals surface area contributed by atoms with Gasteiger partial charge in [0, 0.05) is 14.9 Å². The molecular formula is C19H12BrClN2O3S. The molecule has 0 atom stereocenters. The van der Waals surface area contributed by atoms with E-state index < -0.39 is 17.6 Å². The van der Waals surface area contributed by atoms with E-state index in [0.717, 1.165) is 21.8 Å². The Morgan fingerprint density at radius 3 is 2.37 bits per heavy atom. The maximum atomic E-state index is 12.5. The number of carbonyl (C=O) groups is 3. The van der Waals surface area contributed by atoms with Crippen LogP contribution in [0.5, 0.6) is 0 Å². The molecule has 5 nitrogen and oxygen atoms in total. The number of anilines is 1. The summed E-state index contributed by atoms with van der Waals surface area (Å²) in [4.78, 5) is 37.4. The summed E-state index contributed by atoms with van der Waals surface area (Å²) in [5, 5.41) is 2.85. The highest BCUT2D eigenvalue weighted by molar-refractivity contribution is 9.10. The number of rotatable bonds is 5. The number of nitrogens with one attached hydrogen (secondary N) is 1. The van der Waals surface area contributed by atoms with E-state index in [1.54, 1.807) is 12.1 Å². The van der Waals surface area contributed by atoms with E-state index in [0.29, 0.717) is 4.47 Å². The maximum Gasteiger partial charge on any atom is 0.297 e. The molecule has 1 aromatic heterocycles. The zero-order chi connectivity index (χ0) is 19.6. The number of benzene rings is 2. The molecule has 0 fully saturated rings. The van der Waals surface area contributed by atoms with Crippen molar-refractivity contribution in [3.05, 3.63) is 75.2 Å². The number of thiophene rings is 1. The third-order valence-electron chi connectivity index (χ3n) is 3.66. The second kappa shape index (κ2) is 8.04. The molecule has 0 spiro atoms. The molecule has 0 bridgehead atoms. The average Bonchev–Trinajstić information content (AvgIpc) is 3.08. The maximum absolute atomic E-state index is 12.5. The fourth-order valence-electron chi connectivity index (χ4n) is 2.37. The van der Waals surface area contributed by atoms with Gasteiger partial charge in [-0.2, -0.15) is 0 Å². The van der Waals surface area contributed by atoms with Crippen LogP contribution in [0.2, 0.25) is 5.02 Å². The number of halogens is 2. The molecule has 0 saturated heterocycles. The Bertz CT molecular complexity index is 1050. The molecule has 3 rings (SSSR count). The molecular weight excluding hydrogens is 452 g/mol. The van der Waals surface area contributed by atoms with Gasteiger partial charge in [-0.25, -0.2) is 0 Å². The van der Waals surface area contributed by atoms with Gasteiger partial charge in [-0.05, 0) is 29.8 Å². The summed E-state index contributed by atoms with van der Waals surface area (Å²) >= 11 is 10.4. The predicted octanol–water partition coefficient (Wildman–Crippen LogP) is 4.75. The lowest BCUT2D eigenvalue weighted by Gasteiger charge is -2.06. The van der Waals surface area contributed by atoms with E-state index in [1.165, 1.54) is 12.1 Å². The third kappa shape index (κ3) is 4.27. The third-order valence-corrected chi connectivity index (χ3v) is 5.58.